The third-order valence-electron chi connectivity index (χ3n) is 4.00. The molecular weight excluding hydrogens is 400 g/mol. The first-order valence-electron chi connectivity index (χ1n) is 7.57. The predicted molar refractivity (Wildman–Crippen MR) is 98.8 cm³/mol. The van der Waals surface area contributed by atoms with Gasteiger partial charge in [0.2, 0.25) is 0 Å². The third kappa shape index (κ3) is 4.97. The zero-order chi connectivity index (χ0) is 19.4. The quantitative estimate of drug-likeness (QED) is 0.382. The highest BCUT2D eigenvalue weighted by Gasteiger charge is 2.43. The van der Waals surface area contributed by atoms with Gasteiger partial charge in [0.05, 0.1) is 5.69 Å². The summed E-state index contributed by atoms with van der Waals surface area (Å²) in [7, 11) is -3.74. The van der Waals surface area contributed by atoms with E-state index < -0.39 is 20.5 Å². The zero-order valence-electron chi connectivity index (χ0n) is 14.2. The SMILES string of the molecule is CC(CCn1cc(CSc2ccc(Cl)cc2)nn1)(C(=O)NO)S(C)(=O)=O. The van der Waals surface area contributed by atoms with Crippen LogP contribution in [-0.4, -0.2) is 45.5 Å². The number of nitrogens with zero attached hydrogens (tertiary/aromatic N) is 3. The maximum absolute atomic E-state index is 11.9. The van der Waals surface area contributed by atoms with Crippen molar-refractivity contribution in [1.82, 2.24) is 20.5 Å². The molecule has 1 aromatic heterocycles. The normalized spacial score (nSPS) is 14.0. The Morgan fingerprint density at radius 2 is 2.04 bits per heavy atom. The lowest BCUT2D eigenvalue weighted by Crippen LogP contribution is -2.49. The molecule has 142 valence electrons. The highest BCUT2D eigenvalue weighted by Crippen LogP contribution is 2.24. The molecule has 1 unspecified atom stereocenters. The largest absolute Gasteiger partial charge is 0.289 e. The van der Waals surface area contributed by atoms with E-state index in [1.165, 1.54) is 17.1 Å². The number of benzene rings is 1. The van der Waals surface area contributed by atoms with Crippen LogP contribution in [0.5, 0.6) is 0 Å². The van der Waals surface area contributed by atoms with E-state index in [-0.39, 0.29) is 13.0 Å². The smallest absolute Gasteiger partial charge is 0.264 e. The molecule has 0 aliphatic heterocycles. The maximum Gasteiger partial charge on any atom is 0.264 e. The molecule has 0 saturated heterocycles. The number of nitrogens with one attached hydrogen (secondary N) is 1. The molecule has 1 atom stereocenters. The third-order valence-corrected chi connectivity index (χ3v) is 7.33. The van der Waals surface area contributed by atoms with Crippen molar-refractivity contribution in [2.24, 2.45) is 0 Å². The average Bonchev–Trinajstić information content (AvgIpc) is 3.05. The molecule has 0 spiro atoms. The number of sulfone groups is 1. The molecule has 11 heteroatoms. The zero-order valence-corrected chi connectivity index (χ0v) is 16.6. The van der Waals surface area contributed by atoms with Crippen molar-refractivity contribution in [2.75, 3.05) is 6.26 Å². The fraction of sp³-hybridized carbons (Fsp3) is 0.400. The maximum atomic E-state index is 11.9. The number of hydrogen-bond acceptors (Lipinski definition) is 7. The minimum absolute atomic E-state index is 0.0502. The molecule has 1 amide bonds. The molecule has 0 saturated carbocycles. The van der Waals surface area contributed by atoms with Crippen molar-refractivity contribution >= 4 is 39.1 Å². The fourth-order valence-corrected chi connectivity index (χ4v) is 3.86. The number of halogens is 1. The van der Waals surface area contributed by atoms with Gasteiger partial charge in [-0.2, -0.15) is 0 Å². The summed E-state index contributed by atoms with van der Waals surface area (Å²) in [6.45, 7) is 1.43. The Balaban J connectivity index is 1.99. The molecule has 0 bridgehead atoms. The van der Waals surface area contributed by atoms with Crippen LogP contribution >= 0.6 is 23.4 Å². The van der Waals surface area contributed by atoms with Gasteiger partial charge < -0.3 is 0 Å². The number of aryl methyl sites for hydroxylation is 1. The fourth-order valence-electron chi connectivity index (χ4n) is 2.12. The van der Waals surface area contributed by atoms with Crippen LogP contribution in [0, 0.1) is 0 Å². The number of rotatable bonds is 8. The summed E-state index contributed by atoms with van der Waals surface area (Å²) >= 11 is 7.41. The Bertz CT molecular complexity index is 870. The van der Waals surface area contributed by atoms with Crippen molar-refractivity contribution in [3.8, 4) is 0 Å². The first-order valence-corrected chi connectivity index (χ1v) is 10.8. The van der Waals surface area contributed by atoms with Crippen molar-refractivity contribution in [3.63, 3.8) is 0 Å². The van der Waals surface area contributed by atoms with Gasteiger partial charge in [0.1, 0.15) is 0 Å². The van der Waals surface area contributed by atoms with Crippen molar-refractivity contribution in [3.05, 3.63) is 41.2 Å². The van der Waals surface area contributed by atoms with Gasteiger partial charge in [0, 0.05) is 34.7 Å². The van der Waals surface area contributed by atoms with Gasteiger partial charge in [-0.3, -0.25) is 14.7 Å². The first kappa shape index (κ1) is 20.7. The second-order valence-electron chi connectivity index (χ2n) is 5.91. The summed E-state index contributed by atoms with van der Waals surface area (Å²) in [5.41, 5.74) is 2.14. The van der Waals surface area contributed by atoms with E-state index in [0.717, 1.165) is 16.8 Å². The molecule has 0 radical (unpaired) electrons. The van der Waals surface area contributed by atoms with Gasteiger partial charge in [-0.25, -0.2) is 13.9 Å². The van der Waals surface area contributed by atoms with Gasteiger partial charge in [0.15, 0.2) is 14.6 Å². The highest BCUT2D eigenvalue weighted by atomic mass is 35.5. The van der Waals surface area contributed by atoms with Gasteiger partial charge in [-0.15, -0.1) is 16.9 Å². The lowest BCUT2D eigenvalue weighted by atomic mass is 10.1. The van der Waals surface area contributed by atoms with Crippen LogP contribution in [0.15, 0.2) is 35.4 Å². The number of aromatic nitrogens is 3. The summed E-state index contributed by atoms with van der Waals surface area (Å²) < 4.78 is 23.6. The van der Waals surface area contributed by atoms with Crippen LogP contribution in [0.1, 0.15) is 19.0 Å². The Labute approximate surface area is 160 Å². The lowest BCUT2D eigenvalue weighted by molar-refractivity contribution is -0.131. The van der Waals surface area contributed by atoms with E-state index in [1.54, 1.807) is 30.1 Å². The van der Waals surface area contributed by atoms with Gasteiger partial charge in [-0.05, 0) is 37.6 Å². The summed E-state index contributed by atoms with van der Waals surface area (Å²) in [6.07, 6.45) is 2.60. The molecule has 2 N–H and O–H groups in total. The van der Waals surface area contributed by atoms with E-state index in [0.29, 0.717) is 10.8 Å². The molecule has 1 heterocycles. The molecule has 0 fully saturated rings. The summed E-state index contributed by atoms with van der Waals surface area (Å²) in [5.74, 6) is -0.388. The van der Waals surface area contributed by atoms with Gasteiger partial charge >= 0.3 is 0 Å². The molecule has 1 aromatic carbocycles. The summed E-state index contributed by atoms with van der Waals surface area (Å²) in [4.78, 5) is 12.8. The van der Waals surface area contributed by atoms with E-state index in [2.05, 4.69) is 10.3 Å². The molecule has 0 aliphatic carbocycles. The van der Waals surface area contributed by atoms with Crippen LogP contribution in [-0.2, 0) is 26.9 Å². The second kappa shape index (κ2) is 8.38. The highest BCUT2D eigenvalue weighted by molar-refractivity contribution is 7.98. The topological polar surface area (TPSA) is 114 Å². The van der Waals surface area contributed by atoms with E-state index in [9.17, 15) is 13.2 Å². The van der Waals surface area contributed by atoms with Crippen LogP contribution in [0.4, 0.5) is 0 Å². The van der Waals surface area contributed by atoms with E-state index >= 15 is 0 Å². The monoisotopic (exact) mass is 418 g/mol. The summed E-state index contributed by atoms with van der Waals surface area (Å²) in [6, 6.07) is 7.42. The van der Waals surface area contributed by atoms with E-state index in [4.69, 9.17) is 16.8 Å². The molecule has 2 aromatic rings. The van der Waals surface area contributed by atoms with Crippen molar-refractivity contribution in [2.45, 2.75) is 35.3 Å². The predicted octanol–water partition coefficient (Wildman–Crippen LogP) is 1.92. The number of hydroxylamine groups is 1. The summed E-state index contributed by atoms with van der Waals surface area (Å²) in [5, 5.41) is 17.5. The molecule has 26 heavy (non-hydrogen) atoms. The Hall–Kier alpha value is -1.62. The van der Waals surface area contributed by atoms with Crippen LogP contribution in [0.2, 0.25) is 5.02 Å². The Kier molecular flexibility index (Phi) is 6.67. The van der Waals surface area contributed by atoms with Crippen molar-refractivity contribution in [1.29, 1.82) is 0 Å². The van der Waals surface area contributed by atoms with Crippen molar-refractivity contribution < 1.29 is 18.4 Å². The number of carbonyl (C=O) groups excluding carboxylic acids is 1. The van der Waals surface area contributed by atoms with Crippen LogP contribution < -0.4 is 5.48 Å². The minimum Gasteiger partial charge on any atom is -0.289 e. The second-order valence-corrected chi connectivity index (χ2v) is 9.84. The van der Waals surface area contributed by atoms with E-state index in [1.807, 2.05) is 12.1 Å². The van der Waals surface area contributed by atoms with Gasteiger partial charge in [-0.1, -0.05) is 16.8 Å². The number of amides is 1. The number of hydrogen-bond donors (Lipinski definition) is 2. The average molecular weight is 419 g/mol. The first-order chi connectivity index (χ1) is 12.2. The molecule has 8 nitrogen and oxygen atoms in total. The standard InChI is InChI=1S/C15H19ClN4O4S2/c1-15(14(21)18-22,26(2,23)24)7-8-20-9-12(17-19-20)10-25-13-5-3-11(16)4-6-13/h3-6,9,22H,7-8,10H2,1-2H3,(H,18,21). The Morgan fingerprint density at radius 3 is 2.62 bits per heavy atom. The molecular formula is C15H19ClN4O4S2. The number of carbonyl (C=O) groups is 1. The van der Waals surface area contributed by atoms with Gasteiger partial charge in [0.25, 0.3) is 5.91 Å². The van der Waals surface area contributed by atoms with Crippen LogP contribution in [0.3, 0.4) is 0 Å². The Morgan fingerprint density at radius 1 is 1.38 bits per heavy atom. The van der Waals surface area contributed by atoms with Crippen LogP contribution in [0.25, 0.3) is 0 Å². The molecule has 2 rings (SSSR count). The molecule has 0 aliphatic rings. The minimum atomic E-state index is -3.74. The lowest BCUT2D eigenvalue weighted by Gasteiger charge is -2.24. The number of thioether (sulfide) groups is 1.